The third-order valence-corrected chi connectivity index (χ3v) is 9.69. The first-order chi connectivity index (χ1) is 15.9. The van der Waals surface area contributed by atoms with Gasteiger partial charge in [-0.25, -0.2) is 0 Å². The lowest BCUT2D eigenvalue weighted by Gasteiger charge is -2.59. The molecule has 0 amide bonds. The molecule has 0 bridgehead atoms. The lowest BCUT2D eigenvalue weighted by molar-refractivity contribution is -0.190. The predicted octanol–water partition coefficient (Wildman–Crippen LogP) is 4.32. The summed E-state index contributed by atoms with van der Waals surface area (Å²) in [6.45, 7) is 8.20. The summed E-state index contributed by atoms with van der Waals surface area (Å²) in [6.07, 6.45) is 8.93. The van der Waals surface area contributed by atoms with E-state index in [1.54, 1.807) is 0 Å². The van der Waals surface area contributed by atoms with Crippen LogP contribution in [0.3, 0.4) is 0 Å². The smallest absolute Gasteiger partial charge is 0.303 e. The largest absolute Gasteiger partial charge is 0.462 e. The zero-order valence-corrected chi connectivity index (χ0v) is 21.1. The fraction of sp³-hybridized carbons (Fsp3) is 0.778. The van der Waals surface area contributed by atoms with Gasteiger partial charge >= 0.3 is 17.9 Å². The molecule has 4 aliphatic carbocycles. The Balaban J connectivity index is 1.62. The second-order valence-corrected chi connectivity index (χ2v) is 11.4. The van der Waals surface area contributed by atoms with Crippen molar-refractivity contribution in [3.05, 3.63) is 11.6 Å². The van der Waals surface area contributed by atoms with Crippen LogP contribution in [0.5, 0.6) is 0 Å². The van der Waals surface area contributed by atoms with E-state index in [-0.39, 0.29) is 35.8 Å². The standard InChI is InChI=1S/C27H38O7/c1-16(28)32-15-24(31)27(34-18(3)30)13-10-23-21-7-6-19-14-20(33-17(2)29)8-11-25(19,4)22(21)9-12-26(23,27)5/h6,20-23H,7-15H2,1-5H3/t20-,21-,22+,23-,25-,26-,27-/m0/s1. The van der Waals surface area contributed by atoms with Crippen LogP contribution in [0.25, 0.3) is 0 Å². The summed E-state index contributed by atoms with van der Waals surface area (Å²) in [5.74, 6) is -0.382. The minimum atomic E-state index is -1.25. The highest BCUT2D eigenvalue weighted by atomic mass is 16.6. The molecule has 0 unspecified atom stereocenters. The van der Waals surface area contributed by atoms with Gasteiger partial charge in [-0.1, -0.05) is 25.5 Å². The SMILES string of the molecule is CC(=O)OCC(=O)[C@@]1(OC(C)=O)CC[C@H]2[C@H]3CC=C4C[C@@H](OC(C)=O)CC[C@]4(C)[C@@H]3CC[C@@]21C. The van der Waals surface area contributed by atoms with Gasteiger partial charge in [0.05, 0.1) is 0 Å². The van der Waals surface area contributed by atoms with Crippen LogP contribution in [0.4, 0.5) is 0 Å². The highest BCUT2D eigenvalue weighted by Crippen LogP contribution is 2.68. The third kappa shape index (κ3) is 3.89. The molecule has 0 saturated heterocycles. The summed E-state index contributed by atoms with van der Waals surface area (Å²) in [7, 11) is 0. The molecule has 3 saturated carbocycles. The maximum Gasteiger partial charge on any atom is 0.303 e. The minimum Gasteiger partial charge on any atom is -0.462 e. The highest BCUT2D eigenvalue weighted by Gasteiger charge is 2.68. The molecule has 0 heterocycles. The van der Waals surface area contributed by atoms with Crippen LogP contribution in [0.2, 0.25) is 0 Å². The van der Waals surface area contributed by atoms with Gasteiger partial charge in [-0.3, -0.25) is 19.2 Å². The molecule has 7 heteroatoms. The van der Waals surface area contributed by atoms with Gasteiger partial charge in [0.1, 0.15) is 6.10 Å². The first kappa shape index (κ1) is 24.9. The third-order valence-electron chi connectivity index (χ3n) is 9.69. The van der Waals surface area contributed by atoms with Gasteiger partial charge < -0.3 is 14.2 Å². The second kappa shape index (κ2) is 8.80. The van der Waals surface area contributed by atoms with Crippen LogP contribution < -0.4 is 0 Å². The van der Waals surface area contributed by atoms with E-state index in [1.807, 2.05) is 0 Å². The normalized spacial score (nSPS) is 40.7. The van der Waals surface area contributed by atoms with E-state index in [1.165, 1.54) is 26.3 Å². The fourth-order valence-corrected chi connectivity index (χ4v) is 8.17. The molecule has 0 spiro atoms. The van der Waals surface area contributed by atoms with Crippen molar-refractivity contribution in [2.45, 2.75) is 97.7 Å². The number of hydrogen-bond acceptors (Lipinski definition) is 7. The summed E-state index contributed by atoms with van der Waals surface area (Å²) in [5, 5.41) is 0. The lowest BCUT2D eigenvalue weighted by Crippen LogP contribution is -2.59. The maximum atomic E-state index is 13.4. The molecule has 4 aliphatic rings. The Morgan fingerprint density at radius 2 is 1.62 bits per heavy atom. The number of carbonyl (C=O) groups is 4. The van der Waals surface area contributed by atoms with E-state index in [0.717, 1.165) is 44.9 Å². The lowest BCUT2D eigenvalue weighted by atomic mass is 9.46. The Morgan fingerprint density at radius 1 is 0.912 bits per heavy atom. The Bertz CT molecular complexity index is 922. The van der Waals surface area contributed by atoms with E-state index >= 15 is 0 Å². The minimum absolute atomic E-state index is 0.0378. The first-order valence-corrected chi connectivity index (χ1v) is 12.7. The quantitative estimate of drug-likeness (QED) is 0.333. The van der Waals surface area contributed by atoms with Crippen molar-refractivity contribution < 1.29 is 33.4 Å². The number of fused-ring (bicyclic) bond motifs is 5. The van der Waals surface area contributed by atoms with Crippen LogP contribution in [-0.4, -0.2) is 42.0 Å². The zero-order valence-electron chi connectivity index (χ0n) is 21.1. The van der Waals surface area contributed by atoms with E-state index in [9.17, 15) is 19.2 Å². The van der Waals surface area contributed by atoms with Gasteiger partial charge in [0.15, 0.2) is 12.2 Å². The second-order valence-electron chi connectivity index (χ2n) is 11.4. The molecule has 0 aromatic heterocycles. The average molecular weight is 475 g/mol. The predicted molar refractivity (Wildman–Crippen MR) is 123 cm³/mol. The van der Waals surface area contributed by atoms with Gasteiger partial charge in [0.2, 0.25) is 5.78 Å². The van der Waals surface area contributed by atoms with Gasteiger partial charge in [-0.2, -0.15) is 0 Å². The van der Waals surface area contributed by atoms with Crippen molar-refractivity contribution >= 4 is 23.7 Å². The molecule has 7 atom stereocenters. The van der Waals surface area contributed by atoms with E-state index < -0.39 is 23.0 Å². The topological polar surface area (TPSA) is 96.0 Å². The maximum absolute atomic E-state index is 13.4. The summed E-state index contributed by atoms with van der Waals surface area (Å²) >= 11 is 0. The Morgan fingerprint density at radius 3 is 2.26 bits per heavy atom. The number of esters is 3. The van der Waals surface area contributed by atoms with Crippen LogP contribution in [0, 0.1) is 28.6 Å². The van der Waals surface area contributed by atoms with Crippen molar-refractivity contribution in [2.75, 3.05) is 6.61 Å². The molecule has 34 heavy (non-hydrogen) atoms. The monoisotopic (exact) mass is 474 g/mol. The van der Waals surface area contributed by atoms with Crippen molar-refractivity contribution in [1.29, 1.82) is 0 Å². The number of Topliss-reactive ketones (excluding diaryl/α,β-unsaturated/α-hetero) is 1. The Labute approximate surface area is 202 Å². The summed E-state index contributed by atoms with van der Waals surface area (Å²) in [4.78, 5) is 48.5. The summed E-state index contributed by atoms with van der Waals surface area (Å²) in [5.41, 5.74) is -0.268. The molecule has 0 radical (unpaired) electrons. The molecule has 7 nitrogen and oxygen atoms in total. The average Bonchev–Trinajstić information content (AvgIpc) is 3.04. The van der Waals surface area contributed by atoms with Crippen LogP contribution in [0.1, 0.15) is 86.0 Å². The molecule has 0 aromatic rings. The van der Waals surface area contributed by atoms with Crippen molar-refractivity contribution in [2.24, 2.45) is 28.6 Å². The first-order valence-electron chi connectivity index (χ1n) is 12.7. The number of ether oxygens (including phenoxy) is 3. The summed E-state index contributed by atoms with van der Waals surface area (Å²) in [6, 6.07) is 0. The Hall–Kier alpha value is -2.18. The van der Waals surface area contributed by atoms with Crippen LogP contribution in [-0.2, 0) is 33.4 Å². The van der Waals surface area contributed by atoms with E-state index in [4.69, 9.17) is 14.2 Å². The number of rotatable bonds is 5. The van der Waals surface area contributed by atoms with E-state index in [2.05, 4.69) is 19.9 Å². The van der Waals surface area contributed by atoms with E-state index in [0.29, 0.717) is 18.3 Å². The summed E-state index contributed by atoms with van der Waals surface area (Å²) < 4.78 is 16.5. The molecule has 0 N–H and O–H groups in total. The molecule has 188 valence electrons. The van der Waals surface area contributed by atoms with Crippen molar-refractivity contribution in [3.63, 3.8) is 0 Å². The zero-order chi connectivity index (χ0) is 24.9. The molecule has 0 aliphatic heterocycles. The van der Waals surface area contributed by atoms with Crippen LogP contribution >= 0.6 is 0 Å². The van der Waals surface area contributed by atoms with Crippen LogP contribution in [0.15, 0.2) is 11.6 Å². The van der Waals surface area contributed by atoms with Gasteiger partial charge in [-0.15, -0.1) is 0 Å². The molecule has 4 rings (SSSR count). The highest BCUT2D eigenvalue weighted by molar-refractivity contribution is 5.93. The molecular weight excluding hydrogens is 436 g/mol. The number of allylic oxidation sites excluding steroid dienone is 1. The molecular formula is C27H38O7. The number of hydrogen-bond donors (Lipinski definition) is 0. The van der Waals surface area contributed by atoms with Crippen molar-refractivity contribution in [3.8, 4) is 0 Å². The van der Waals surface area contributed by atoms with Gasteiger partial charge in [0, 0.05) is 32.6 Å². The Kier molecular flexibility index (Phi) is 6.45. The van der Waals surface area contributed by atoms with Gasteiger partial charge in [-0.05, 0) is 68.1 Å². The number of carbonyl (C=O) groups excluding carboxylic acids is 4. The molecule has 0 aromatic carbocycles. The fourth-order valence-electron chi connectivity index (χ4n) is 8.17. The number of ketones is 1. The molecule has 3 fully saturated rings. The van der Waals surface area contributed by atoms with Gasteiger partial charge in [0.25, 0.3) is 0 Å². The van der Waals surface area contributed by atoms with Crippen molar-refractivity contribution in [1.82, 2.24) is 0 Å².